The van der Waals surface area contributed by atoms with Gasteiger partial charge in [0.2, 0.25) is 5.75 Å². The highest BCUT2D eigenvalue weighted by atomic mass is 16.5. The van der Waals surface area contributed by atoms with Crippen LogP contribution in [0.4, 0.5) is 0 Å². The minimum atomic E-state index is -0.192. The lowest BCUT2D eigenvalue weighted by atomic mass is 9.92. The summed E-state index contributed by atoms with van der Waals surface area (Å²) in [6, 6.07) is 13.5. The number of rotatable bonds is 7. The summed E-state index contributed by atoms with van der Waals surface area (Å²) in [6.45, 7) is 3.63. The van der Waals surface area contributed by atoms with E-state index in [9.17, 15) is 5.11 Å². The topological polar surface area (TPSA) is 63.6 Å². The molecule has 7 heteroatoms. The van der Waals surface area contributed by atoms with E-state index in [-0.39, 0.29) is 11.8 Å². The van der Waals surface area contributed by atoms with Crippen molar-refractivity contribution in [3.05, 3.63) is 53.6 Å². The smallest absolute Gasteiger partial charge is 0.203 e. The van der Waals surface area contributed by atoms with Gasteiger partial charge < -0.3 is 29.0 Å². The lowest BCUT2D eigenvalue weighted by Gasteiger charge is -2.39. The second kappa shape index (κ2) is 9.77. The van der Waals surface area contributed by atoms with Crippen molar-refractivity contribution in [3.8, 4) is 28.7 Å². The van der Waals surface area contributed by atoms with Gasteiger partial charge in [0.1, 0.15) is 11.5 Å². The van der Waals surface area contributed by atoms with Gasteiger partial charge in [-0.15, -0.1) is 0 Å². The van der Waals surface area contributed by atoms with Crippen LogP contribution in [0, 0.1) is 0 Å². The summed E-state index contributed by atoms with van der Waals surface area (Å²) in [5.41, 5.74) is 1.79. The maximum Gasteiger partial charge on any atom is 0.203 e. The molecule has 0 radical (unpaired) electrons. The van der Waals surface area contributed by atoms with E-state index in [4.69, 9.17) is 18.9 Å². The molecule has 1 fully saturated rings. The van der Waals surface area contributed by atoms with Crippen LogP contribution in [0.3, 0.4) is 0 Å². The normalized spacial score (nSPS) is 15.9. The van der Waals surface area contributed by atoms with E-state index in [1.165, 1.54) is 0 Å². The third-order valence-corrected chi connectivity index (χ3v) is 6.44. The molecular weight excluding hydrogens is 420 g/mol. The van der Waals surface area contributed by atoms with E-state index in [0.29, 0.717) is 17.2 Å². The first kappa shape index (κ1) is 23.0. The summed E-state index contributed by atoms with van der Waals surface area (Å²) in [7, 11) is 8.60. The van der Waals surface area contributed by atoms with E-state index >= 15 is 0 Å². The third kappa shape index (κ3) is 4.26. The van der Waals surface area contributed by atoms with Crippen molar-refractivity contribution in [1.82, 2.24) is 9.80 Å². The van der Waals surface area contributed by atoms with E-state index in [0.717, 1.165) is 53.8 Å². The summed E-state index contributed by atoms with van der Waals surface area (Å²) < 4.78 is 22.3. The van der Waals surface area contributed by atoms with Crippen molar-refractivity contribution in [2.75, 3.05) is 61.7 Å². The number of aromatic hydroxyl groups is 1. The maximum atomic E-state index is 11.5. The van der Waals surface area contributed by atoms with Gasteiger partial charge in [-0.3, -0.25) is 4.90 Å². The van der Waals surface area contributed by atoms with E-state index in [1.54, 1.807) is 28.4 Å². The molecule has 0 spiro atoms. The van der Waals surface area contributed by atoms with Gasteiger partial charge in [-0.25, -0.2) is 0 Å². The van der Waals surface area contributed by atoms with Gasteiger partial charge >= 0.3 is 0 Å². The highest BCUT2D eigenvalue weighted by molar-refractivity contribution is 5.94. The Morgan fingerprint density at radius 3 is 1.97 bits per heavy atom. The number of phenols is 1. The van der Waals surface area contributed by atoms with E-state index < -0.39 is 0 Å². The molecule has 3 aromatic carbocycles. The molecule has 1 aliphatic rings. The molecule has 176 valence electrons. The lowest BCUT2D eigenvalue weighted by molar-refractivity contribution is 0.126. The first-order valence-electron chi connectivity index (χ1n) is 11.0. The Labute approximate surface area is 195 Å². The van der Waals surface area contributed by atoms with Crippen LogP contribution in [-0.4, -0.2) is 76.6 Å². The van der Waals surface area contributed by atoms with Crippen molar-refractivity contribution >= 4 is 10.8 Å². The van der Waals surface area contributed by atoms with E-state index in [1.807, 2.05) is 42.5 Å². The Hall–Kier alpha value is -3.16. The standard InChI is InChI=1S/C26H32N2O5/c1-27-11-13-28(14-12-27)24(17-15-22(31-3)26(33-5)23(16-17)32-4)20-10-9-18-19(25(20)29)7-6-8-21(18)30-2/h6-10,15-16,24,29H,11-14H2,1-5H3/t24-/m1/s1. The first-order chi connectivity index (χ1) is 16.0. The minimum absolute atomic E-state index is 0.192. The second-order valence-corrected chi connectivity index (χ2v) is 8.26. The number of hydrogen-bond donors (Lipinski definition) is 1. The summed E-state index contributed by atoms with van der Waals surface area (Å²) >= 11 is 0. The van der Waals surface area contributed by atoms with Crippen LogP contribution >= 0.6 is 0 Å². The lowest BCUT2D eigenvalue weighted by Crippen LogP contribution is -2.46. The van der Waals surface area contributed by atoms with Gasteiger partial charge in [0.15, 0.2) is 11.5 Å². The largest absolute Gasteiger partial charge is 0.507 e. The fourth-order valence-corrected chi connectivity index (χ4v) is 4.66. The number of ether oxygens (including phenoxy) is 4. The van der Waals surface area contributed by atoms with Gasteiger partial charge in [-0.1, -0.05) is 24.3 Å². The van der Waals surface area contributed by atoms with Crippen molar-refractivity contribution in [2.45, 2.75) is 6.04 Å². The predicted molar refractivity (Wildman–Crippen MR) is 129 cm³/mol. The molecule has 0 unspecified atom stereocenters. The van der Waals surface area contributed by atoms with Crippen LogP contribution in [0.2, 0.25) is 0 Å². The van der Waals surface area contributed by atoms with Gasteiger partial charge in [0.05, 0.1) is 34.5 Å². The van der Waals surface area contributed by atoms with Crippen LogP contribution in [-0.2, 0) is 0 Å². The molecule has 1 atom stereocenters. The number of likely N-dealkylation sites (N-methyl/N-ethyl adjacent to an activating group) is 1. The number of methoxy groups -OCH3 is 4. The van der Waals surface area contributed by atoms with Crippen LogP contribution < -0.4 is 18.9 Å². The highest BCUT2D eigenvalue weighted by Gasteiger charge is 2.30. The molecule has 7 nitrogen and oxygen atoms in total. The molecule has 0 saturated carbocycles. The van der Waals surface area contributed by atoms with Crippen LogP contribution in [0.15, 0.2) is 42.5 Å². The Balaban J connectivity index is 1.91. The molecule has 0 bridgehead atoms. The van der Waals surface area contributed by atoms with E-state index in [2.05, 4.69) is 16.8 Å². The Bertz CT molecular complexity index is 1100. The molecule has 0 aromatic heterocycles. The summed E-state index contributed by atoms with van der Waals surface area (Å²) in [6.07, 6.45) is 0. The Morgan fingerprint density at radius 1 is 0.758 bits per heavy atom. The molecule has 1 saturated heterocycles. The number of piperazine rings is 1. The summed E-state index contributed by atoms with van der Waals surface area (Å²) in [5.74, 6) is 2.72. The molecule has 1 N–H and O–H groups in total. The van der Waals surface area contributed by atoms with Crippen molar-refractivity contribution in [1.29, 1.82) is 0 Å². The Morgan fingerprint density at radius 2 is 1.39 bits per heavy atom. The molecule has 3 aromatic rings. The van der Waals surface area contributed by atoms with Crippen molar-refractivity contribution in [2.24, 2.45) is 0 Å². The molecule has 0 amide bonds. The number of hydrogen-bond acceptors (Lipinski definition) is 7. The maximum absolute atomic E-state index is 11.5. The van der Waals surface area contributed by atoms with Crippen LogP contribution in [0.5, 0.6) is 28.7 Å². The zero-order valence-corrected chi connectivity index (χ0v) is 19.9. The molecule has 0 aliphatic carbocycles. The second-order valence-electron chi connectivity index (χ2n) is 8.26. The van der Waals surface area contributed by atoms with Crippen LogP contribution in [0.1, 0.15) is 17.2 Å². The van der Waals surface area contributed by atoms with Gasteiger partial charge in [0, 0.05) is 42.5 Å². The van der Waals surface area contributed by atoms with Gasteiger partial charge in [-0.05, 0) is 30.8 Å². The minimum Gasteiger partial charge on any atom is -0.507 e. The summed E-state index contributed by atoms with van der Waals surface area (Å²) in [5, 5.41) is 13.1. The monoisotopic (exact) mass is 452 g/mol. The van der Waals surface area contributed by atoms with Crippen LogP contribution in [0.25, 0.3) is 10.8 Å². The fraction of sp³-hybridized carbons (Fsp3) is 0.385. The summed E-state index contributed by atoms with van der Waals surface area (Å²) in [4.78, 5) is 4.70. The SMILES string of the molecule is COc1cc([C@H](c2ccc3c(OC)cccc3c2O)N2CCN(C)CC2)cc(OC)c1OC. The van der Waals surface area contributed by atoms with Gasteiger partial charge in [0.25, 0.3) is 0 Å². The third-order valence-electron chi connectivity index (χ3n) is 6.44. The first-order valence-corrected chi connectivity index (χ1v) is 11.0. The number of nitrogens with zero attached hydrogens (tertiary/aromatic N) is 2. The van der Waals surface area contributed by atoms with Crippen molar-refractivity contribution < 1.29 is 24.1 Å². The zero-order valence-electron chi connectivity index (χ0n) is 19.9. The quantitative estimate of drug-likeness (QED) is 0.583. The number of benzene rings is 3. The number of fused-ring (bicyclic) bond motifs is 1. The zero-order chi connectivity index (χ0) is 23.5. The fourth-order valence-electron chi connectivity index (χ4n) is 4.66. The average Bonchev–Trinajstić information content (AvgIpc) is 2.85. The molecular formula is C26H32N2O5. The van der Waals surface area contributed by atoms with Crippen molar-refractivity contribution in [3.63, 3.8) is 0 Å². The molecule has 33 heavy (non-hydrogen) atoms. The van der Waals surface area contributed by atoms with Gasteiger partial charge in [-0.2, -0.15) is 0 Å². The molecule has 1 heterocycles. The number of phenolic OH excluding ortho intramolecular Hbond substituents is 1. The highest BCUT2D eigenvalue weighted by Crippen LogP contribution is 2.45. The predicted octanol–water partition coefficient (Wildman–Crippen LogP) is 3.92. The average molecular weight is 453 g/mol. The Kier molecular flexibility index (Phi) is 6.81. The molecule has 1 aliphatic heterocycles. The molecule has 4 rings (SSSR count).